The molecule has 0 aliphatic rings. The molecule has 4 heteroatoms. The number of rotatable bonds is 4. The third-order valence-electron chi connectivity index (χ3n) is 3.98. The Bertz CT molecular complexity index is 894. The number of carbonyl (C=O) groups is 1. The van der Waals surface area contributed by atoms with Gasteiger partial charge < -0.3 is 9.15 Å². The van der Waals surface area contributed by atoms with Crippen LogP contribution in [-0.2, 0) is 11.2 Å². The van der Waals surface area contributed by atoms with Gasteiger partial charge in [0.05, 0.1) is 10.4 Å². The number of fused-ring (bicyclic) bond motifs is 1. The molecule has 1 heterocycles. The van der Waals surface area contributed by atoms with E-state index < -0.39 is 0 Å². The maximum absolute atomic E-state index is 11.6. The highest BCUT2D eigenvalue weighted by Gasteiger charge is 2.22. The Morgan fingerprint density at radius 1 is 1.25 bits per heavy atom. The Hall–Kier alpha value is -2.26. The van der Waals surface area contributed by atoms with Crippen LogP contribution >= 0.6 is 11.6 Å². The molecule has 0 aliphatic heterocycles. The summed E-state index contributed by atoms with van der Waals surface area (Å²) in [6.45, 7) is 5.45. The first-order chi connectivity index (χ1) is 11.5. The average molecular weight is 343 g/mol. The first kappa shape index (κ1) is 16.6. The summed E-state index contributed by atoms with van der Waals surface area (Å²) in [5, 5.41) is 1.31. The van der Waals surface area contributed by atoms with Crippen LogP contribution < -0.4 is 4.74 Å². The van der Waals surface area contributed by atoms with E-state index in [0.717, 1.165) is 40.7 Å². The van der Waals surface area contributed by atoms with E-state index in [9.17, 15) is 4.79 Å². The molecular weight excluding hydrogens is 324 g/mol. The van der Waals surface area contributed by atoms with Gasteiger partial charge in [0, 0.05) is 18.1 Å². The summed E-state index contributed by atoms with van der Waals surface area (Å²) in [6.07, 6.45) is 1.71. The number of halogens is 1. The second-order valence-corrected chi connectivity index (χ2v) is 6.22. The largest absolute Gasteiger partial charge is 0.454 e. The maximum Gasteiger partial charge on any atom is 0.308 e. The molecule has 0 saturated carbocycles. The quantitative estimate of drug-likeness (QED) is 0.435. The minimum absolute atomic E-state index is 0.349. The molecular formula is C20H19ClO3. The van der Waals surface area contributed by atoms with E-state index in [1.807, 2.05) is 43.3 Å². The summed E-state index contributed by atoms with van der Waals surface area (Å²) in [5.74, 6) is 0.958. The van der Waals surface area contributed by atoms with Crippen LogP contribution in [0, 0.1) is 6.92 Å². The zero-order chi connectivity index (χ0) is 17.3. The van der Waals surface area contributed by atoms with Gasteiger partial charge in [-0.25, -0.2) is 0 Å². The Morgan fingerprint density at radius 2 is 1.96 bits per heavy atom. The van der Waals surface area contributed by atoms with Gasteiger partial charge in [0.1, 0.15) is 11.5 Å². The lowest BCUT2D eigenvalue weighted by molar-refractivity contribution is -0.131. The minimum atomic E-state index is -0.349. The highest BCUT2D eigenvalue weighted by molar-refractivity contribution is 6.35. The first-order valence-electron chi connectivity index (χ1n) is 8.01. The monoisotopic (exact) mass is 342 g/mol. The standard InChI is InChI=1S/C20H19ClO3/c1-4-8-15-11-16(21)20-17(19(15)23-13(3)22)12(2)18(24-20)14-9-6-5-7-10-14/h5-7,9-11H,4,8H2,1-3H3. The number of esters is 1. The predicted octanol–water partition coefficient (Wildman–Crippen LogP) is 5.94. The SMILES string of the molecule is CCCc1cc(Cl)c2oc(-c3ccccc3)c(C)c2c1OC(C)=O. The first-order valence-corrected chi connectivity index (χ1v) is 8.39. The molecule has 0 fully saturated rings. The molecule has 3 nitrogen and oxygen atoms in total. The topological polar surface area (TPSA) is 39.4 Å². The number of carbonyl (C=O) groups excluding carboxylic acids is 1. The Kier molecular flexibility index (Phi) is 4.63. The molecule has 24 heavy (non-hydrogen) atoms. The number of furan rings is 1. The fourth-order valence-corrected chi connectivity index (χ4v) is 3.24. The molecule has 3 rings (SSSR count). The van der Waals surface area contributed by atoms with Crippen molar-refractivity contribution >= 4 is 28.5 Å². The molecule has 1 aromatic heterocycles. The number of ether oxygens (including phenoxy) is 1. The number of hydrogen-bond donors (Lipinski definition) is 0. The molecule has 2 aromatic carbocycles. The molecule has 0 unspecified atom stereocenters. The van der Waals surface area contributed by atoms with Crippen molar-refractivity contribution in [2.45, 2.75) is 33.6 Å². The van der Waals surface area contributed by atoms with Crippen molar-refractivity contribution in [1.29, 1.82) is 0 Å². The van der Waals surface area contributed by atoms with Gasteiger partial charge in [-0.1, -0.05) is 55.3 Å². The van der Waals surface area contributed by atoms with E-state index >= 15 is 0 Å². The van der Waals surface area contributed by atoms with Crippen LogP contribution in [0.25, 0.3) is 22.3 Å². The number of aryl methyl sites for hydroxylation is 2. The summed E-state index contributed by atoms with van der Waals surface area (Å²) in [4.78, 5) is 11.6. The van der Waals surface area contributed by atoms with Gasteiger partial charge >= 0.3 is 5.97 Å². The number of benzene rings is 2. The van der Waals surface area contributed by atoms with Crippen molar-refractivity contribution in [2.75, 3.05) is 0 Å². The Balaban J connectivity index is 2.32. The fourth-order valence-electron chi connectivity index (χ4n) is 2.98. The molecule has 0 atom stereocenters. The molecule has 0 amide bonds. The molecule has 0 aliphatic carbocycles. The predicted molar refractivity (Wildman–Crippen MR) is 96.7 cm³/mol. The van der Waals surface area contributed by atoms with E-state index in [1.54, 1.807) is 0 Å². The van der Waals surface area contributed by atoms with Crippen LogP contribution in [0.3, 0.4) is 0 Å². The van der Waals surface area contributed by atoms with Gasteiger partial charge in [0.25, 0.3) is 0 Å². The average Bonchev–Trinajstić information content (AvgIpc) is 2.90. The zero-order valence-electron chi connectivity index (χ0n) is 14.0. The lowest BCUT2D eigenvalue weighted by Crippen LogP contribution is -2.05. The smallest absolute Gasteiger partial charge is 0.308 e. The fraction of sp³-hybridized carbons (Fsp3) is 0.250. The van der Waals surface area contributed by atoms with Crippen LogP contribution in [0.5, 0.6) is 5.75 Å². The summed E-state index contributed by atoms with van der Waals surface area (Å²) in [7, 11) is 0. The second-order valence-electron chi connectivity index (χ2n) is 5.82. The number of hydrogen-bond acceptors (Lipinski definition) is 3. The van der Waals surface area contributed by atoms with E-state index in [-0.39, 0.29) is 5.97 Å². The lowest BCUT2D eigenvalue weighted by Gasteiger charge is -2.11. The minimum Gasteiger partial charge on any atom is -0.454 e. The van der Waals surface area contributed by atoms with Gasteiger partial charge in [-0.3, -0.25) is 4.79 Å². The van der Waals surface area contributed by atoms with E-state index in [0.29, 0.717) is 16.4 Å². The van der Waals surface area contributed by atoms with Crippen LogP contribution in [0.4, 0.5) is 0 Å². The van der Waals surface area contributed by atoms with E-state index in [2.05, 4.69) is 6.92 Å². The van der Waals surface area contributed by atoms with Crippen molar-refractivity contribution in [3.8, 4) is 17.1 Å². The van der Waals surface area contributed by atoms with Crippen LogP contribution in [0.1, 0.15) is 31.4 Å². The van der Waals surface area contributed by atoms with E-state index in [4.69, 9.17) is 20.8 Å². The molecule has 0 N–H and O–H groups in total. The molecule has 0 bridgehead atoms. The molecule has 124 valence electrons. The van der Waals surface area contributed by atoms with Crippen molar-refractivity contribution < 1.29 is 13.9 Å². The van der Waals surface area contributed by atoms with Crippen LogP contribution in [-0.4, -0.2) is 5.97 Å². The summed E-state index contributed by atoms with van der Waals surface area (Å²) in [6, 6.07) is 11.7. The third-order valence-corrected chi connectivity index (χ3v) is 4.27. The van der Waals surface area contributed by atoms with Crippen molar-refractivity contribution in [3.63, 3.8) is 0 Å². The zero-order valence-corrected chi connectivity index (χ0v) is 14.7. The van der Waals surface area contributed by atoms with E-state index in [1.165, 1.54) is 6.92 Å². The Labute approximate surface area is 146 Å². The van der Waals surface area contributed by atoms with Crippen molar-refractivity contribution in [2.24, 2.45) is 0 Å². The van der Waals surface area contributed by atoms with Crippen molar-refractivity contribution in [3.05, 3.63) is 52.5 Å². The van der Waals surface area contributed by atoms with Gasteiger partial charge in [-0.05, 0) is 25.0 Å². The molecule has 0 saturated heterocycles. The highest BCUT2D eigenvalue weighted by Crippen LogP contribution is 2.43. The van der Waals surface area contributed by atoms with Gasteiger partial charge in [0.15, 0.2) is 5.58 Å². The summed E-state index contributed by atoms with van der Waals surface area (Å²) >= 11 is 6.44. The second kappa shape index (κ2) is 6.70. The normalized spacial score (nSPS) is 11.0. The Morgan fingerprint density at radius 3 is 2.58 bits per heavy atom. The molecule has 3 aromatic rings. The maximum atomic E-state index is 11.6. The van der Waals surface area contributed by atoms with Crippen molar-refractivity contribution in [1.82, 2.24) is 0 Å². The molecule has 0 spiro atoms. The van der Waals surface area contributed by atoms with Gasteiger partial charge in [-0.2, -0.15) is 0 Å². The van der Waals surface area contributed by atoms with Gasteiger partial charge in [-0.15, -0.1) is 0 Å². The van der Waals surface area contributed by atoms with Gasteiger partial charge in [0.2, 0.25) is 0 Å². The van der Waals surface area contributed by atoms with Crippen LogP contribution in [0.15, 0.2) is 40.8 Å². The third kappa shape index (κ3) is 2.92. The lowest BCUT2D eigenvalue weighted by atomic mass is 10.0. The van der Waals surface area contributed by atoms with Crippen LogP contribution in [0.2, 0.25) is 5.02 Å². The summed E-state index contributed by atoms with van der Waals surface area (Å²) in [5.41, 5.74) is 3.37. The molecule has 0 radical (unpaired) electrons. The highest BCUT2D eigenvalue weighted by atomic mass is 35.5. The summed E-state index contributed by atoms with van der Waals surface area (Å²) < 4.78 is 11.6.